The summed E-state index contributed by atoms with van der Waals surface area (Å²) in [6, 6.07) is 0. The first-order valence-corrected chi connectivity index (χ1v) is 5.01. The average molecular weight is 280 g/mol. The van der Waals surface area contributed by atoms with Crippen molar-refractivity contribution in [3.05, 3.63) is 21.3 Å². The molecular formula is C8H8BrClN2O2. The van der Waals surface area contributed by atoms with Crippen molar-refractivity contribution in [2.75, 3.05) is 12.3 Å². The summed E-state index contributed by atoms with van der Waals surface area (Å²) in [5.41, 5.74) is 5.67. The van der Waals surface area contributed by atoms with Gasteiger partial charge in [0.05, 0.1) is 21.7 Å². The van der Waals surface area contributed by atoms with Crippen LogP contribution in [0.2, 0.25) is 5.02 Å². The lowest BCUT2D eigenvalue weighted by Crippen LogP contribution is -2.07. The zero-order valence-corrected chi connectivity index (χ0v) is 9.72. The molecule has 6 heteroatoms. The van der Waals surface area contributed by atoms with Crippen molar-refractivity contribution in [2.45, 2.75) is 6.92 Å². The first-order valence-electron chi connectivity index (χ1n) is 3.84. The second-order valence-electron chi connectivity index (χ2n) is 2.41. The fourth-order valence-electron chi connectivity index (χ4n) is 0.829. The SMILES string of the molecule is CCOC(=O)c1cnc(N)c(Br)c1Cl. The van der Waals surface area contributed by atoms with Gasteiger partial charge in [-0.15, -0.1) is 0 Å². The van der Waals surface area contributed by atoms with Gasteiger partial charge in [-0.25, -0.2) is 9.78 Å². The van der Waals surface area contributed by atoms with Crippen LogP contribution in [0.25, 0.3) is 0 Å². The second kappa shape index (κ2) is 4.61. The number of carbonyl (C=O) groups excluding carboxylic acids is 1. The third-order valence-electron chi connectivity index (χ3n) is 1.48. The summed E-state index contributed by atoms with van der Waals surface area (Å²) >= 11 is 8.98. The van der Waals surface area contributed by atoms with E-state index in [9.17, 15) is 4.79 Å². The number of anilines is 1. The number of nitrogens with zero attached hydrogens (tertiary/aromatic N) is 1. The molecule has 0 atom stereocenters. The van der Waals surface area contributed by atoms with Gasteiger partial charge in [-0.3, -0.25) is 0 Å². The van der Waals surface area contributed by atoms with Gasteiger partial charge in [0.15, 0.2) is 0 Å². The Labute approximate surface area is 94.5 Å². The highest BCUT2D eigenvalue weighted by molar-refractivity contribution is 9.10. The van der Waals surface area contributed by atoms with Crippen LogP contribution >= 0.6 is 27.5 Å². The van der Waals surface area contributed by atoms with Crippen LogP contribution < -0.4 is 5.73 Å². The summed E-state index contributed by atoms with van der Waals surface area (Å²) in [6.07, 6.45) is 1.29. The molecule has 0 saturated carbocycles. The highest BCUT2D eigenvalue weighted by Gasteiger charge is 2.16. The van der Waals surface area contributed by atoms with Gasteiger partial charge in [0.2, 0.25) is 0 Å². The minimum Gasteiger partial charge on any atom is -0.462 e. The van der Waals surface area contributed by atoms with Crippen LogP contribution in [0.15, 0.2) is 10.7 Å². The molecule has 1 aromatic heterocycles. The van der Waals surface area contributed by atoms with Gasteiger partial charge in [-0.2, -0.15) is 0 Å². The Morgan fingerprint density at radius 1 is 1.79 bits per heavy atom. The quantitative estimate of drug-likeness (QED) is 0.843. The van der Waals surface area contributed by atoms with Crippen molar-refractivity contribution in [1.29, 1.82) is 0 Å². The predicted octanol–water partition coefficient (Wildman–Crippen LogP) is 2.26. The Morgan fingerprint density at radius 2 is 2.43 bits per heavy atom. The molecule has 0 spiro atoms. The molecule has 0 radical (unpaired) electrons. The van der Waals surface area contributed by atoms with Gasteiger partial charge in [0.25, 0.3) is 0 Å². The predicted molar refractivity (Wildman–Crippen MR) is 57.3 cm³/mol. The summed E-state index contributed by atoms with van der Waals surface area (Å²) < 4.78 is 5.19. The number of nitrogen functional groups attached to an aromatic ring is 1. The minimum absolute atomic E-state index is 0.203. The molecule has 0 amide bonds. The van der Waals surface area contributed by atoms with E-state index in [-0.39, 0.29) is 23.0 Å². The number of halogens is 2. The molecule has 0 aliphatic heterocycles. The van der Waals surface area contributed by atoms with E-state index in [1.165, 1.54) is 6.20 Å². The lowest BCUT2D eigenvalue weighted by molar-refractivity contribution is 0.0526. The second-order valence-corrected chi connectivity index (χ2v) is 3.58. The van der Waals surface area contributed by atoms with Crippen molar-refractivity contribution in [3.63, 3.8) is 0 Å². The van der Waals surface area contributed by atoms with E-state index < -0.39 is 5.97 Å². The first-order chi connectivity index (χ1) is 6.57. The zero-order valence-electron chi connectivity index (χ0n) is 7.38. The molecule has 76 valence electrons. The number of rotatable bonds is 2. The molecule has 0 fully saturated rings. The molecule has 2 N–H and O–H groups in total. The summed E-state index contributed by atoms with van der Waals surface area (Å²) in [5.74, 6) is -0.270. The van der Waals surface area contributed by atoms with E-state index >= 15 is 0 Å². The number of hydrogen-bond donors (Lipinski definition) is 1. The monoisotopic (exact) mass is 278 g/mol. The molecule has 0 bridgehead atoms. The highest BCUT2D eigenvalue weighted by atomic mass is 79.9. The number of hydrogen-bond acceptors (Lipinski definition) is 4. The Balaban J connectivity index is 3.11. The van der Waals surface area contributed by atoms with Gasteiger partial charge in [-0.1, -0.05) is 11.6 Å². The topological polar surface area (TPSA) is 65.2 Å². The molecule has 0 aliphatic rings. The fraction of sp³-hybridized carbons (Fsp3) is 0.250. The normalized spacial score (nSPS) is 9.93. The van der Waals surface area contributed by atoms with Gasteiger partial charge in [-0.05, 0) is 22.9 Å². The maximum atomic E-state index is 11.3. The van der Waals surface area contributed by atoms with Crippen molar-refractivity contribution in [1.82, 2.24) is 4.98 Å². The summed E-state index contributed by atoms with van der Waals surface area (Å²) in [7, 11) is 0. The largest absolute Gasteiger partial charge is 0.462 e. The highest BCUT2D eigenvalue weighted by Crippen LogP contribution is 2.30. The van der Waals surface area contributed by atoms with E-state index in [1.807, 2.05) is 0 Å². The molecule has 14 heavy (non-hydrogen) atoms. The lowest BCUT2D eigenvalue weighted by Gasteiger charge is -2.06. The lowest BCUT2D eigenvalue weighted by atomic mass is 10.3. The van der Waals surface area contributed by atoms with Gasteiger partial charge >= 0.3 is 5.97 Å². The average Bonchev–Trinajstić information content (AvgIpc) is 2.15. The maximum Gasteiger partial charge on any atom is 0.341 e. The summed E-state index contributed by atoms with van der Waals surface area (Å²) in [4.78, 5) is 15.1. The van der Waals surface area contributed by atoms with Crippen LogP contribution in [-0.4, -0.2) is 17.6 Å². The van der Waals surface area contributed by atoms with Crippen molar-refractivity contribution in [3.8, 4) is 0 Å². The Hall–Kier alpha value is -0.810. The number of aromatic nitrogens is 1. The molecule has 4 nitrogen and oxygen atoms in total. The molecular weight excluding hydrogens is 271 g/mol. The number of pyridine rings is 1. The van der Waals surface area contributed by atoms with Crippen LogP contribution in [0.1, 0.15) is 17.3 Å². The molecule has 0 unspecified atom stereocenters. The fourth-order valence-corrected chi connectivity index (χ4v) is 1.37. The molecule has 1 heterocycles. The third-order valence-corrected chi connectivity index (χ3v) is 2.91. The van der Waals surface area contributed by atoms with E-state index in [1.54, 1.807) is 6.92 Å². The Bertz CT molecular complexity index is 371. The first kappa shape index (κ1) is 11.3. The molecule has 1 aromatic rings. The van der Waals surface area contributed by atoms with Crippen molar-refractivity contribution >= 4 is 39.3 Å². The van der Waals surface area contributed by atoms with Crippen LogP contribution in [0.5, 0.6) is 0 Å². The Kier molecular flexibility index (Phi) is 3.71. The maximum absolute atomic E-state index is 11.3. The van der Waals surface area contributed by atoms with Gasteiger partial charge in [0.1, 0.15) is 5.82 Å². The standard InChI is InChI=1S/C8H8BrClN2O2/c1-2-14-8(13)4-3-12-7(11)5(9)6(4)10/h3H,2H2,1H3,(H2,11,12). The van der Waals surface area contributed by atoms with Crippen LogP contribution in [0, 0.1) is 0 Å². The zero-order chi connectivity index (χ0) is 10.7. The van der Waals surface area contributed by atoms with E-state index in [0.717, 1.165) is 0 Å². The molecule has 0 aliphatic carbocycles. The molecule has 1 rings (SSSR count). The third kappa shape index (κ3) is 2.16. The van der Waals surface area contributed by atoms with E-state index in [2.05, 4.69) is 20.9 Å². The number of nitrogens with two attached hydrogens (primary N) is 1. The summed E-state index contributed by atoms with van der Waals surface area (Å²) in [6.45, 7) is 2.00. The molecule has 0 aromatic carbocycles. The number of ether oxygens (including phenoxy) is 1. The summed E-state index contributed by atoms with van der Waals surface area (Å²) in [5, 5.41) is 0.218. The Morgan fingerprint density at radius 3 is 3.00 bits per heavy atom. The smallest absolute Gasteiger partial charge is 0.341 e. The number of esters is 1. The van der Waals surface area contributed by atoms with E-state index in [4.69, 9.17) is 22.1 Å². The molecule has 0 saturated heterocycles. The van der Waals surface area contributed by atoms with E-state index in [0.29, 0.717) is 4.47 Å². The van der Waals surface area contributed by atoms with Crippen LogP contribution in [-0.2, 0) is 4.74 Å². The van der Waals surface area contributed by atoms with Crippen LogP contribution in [0.3, 0.4) is 0 Å². The van der Waals surface area contributed by atoms with Crippen molar-refractivity contribution < 1.29 is 9.53 Å². The van der Waals surface area contributed by atoms with Crippen molar-refractivity contribution in [2.24, 2.45) is 0 Å². The van der Waals surface area contributed by atoms with Gasteiger partial charge < -0.3 is 10.5 Å². The van der Waals surface area contributed by atoms with Gasteiger partial charge in [0, 0.05) is 6.20 Å². The minimum atomic E-state index is -0.509. The van der Waals surface area contributed by atoms with Crippen LogP contribution in [0.4, 0.5) is 5.82 Å². The number of carbonyl (C=O) groups is 1.